The summed E-state index contributed by atoms with van der Waals surface area (Å²) in [6.07, 6.45) is 3.53. The number of carbonyl (C=O) groups is 1. The molecule has 34 heavy (non-hydrogen) atoms. The number of nitrogens with one attached hydrogen (secondary N) is 2. The summed E-state index contributed by atoms with van der Waals surface area (Å²) in [4.78, 5) is 27.0. The molecule has 0 aliphatic carbocycles. The lowest BCUT2D eigenvalue weighted by molar-refractivity contribution is -0.384. The molecular formula is C22H24Cl2N6O4. The molecule has 2 heterocycles. The maximum Gasteiger partial charge on any atom is 0.311 e. The Morgan fingerprint density at radius 3 is 2.68 bits per heavy atom. The Bertz CT molecular complexity index is 1200. The van der Waals surface area contributed by atoms with Gasteiger partial charge in [-0.3, -0.25) is 14.9 Å². The highest BCUT2D eigenvalue weighted by Crippen LogP contribution is 2.33. The normalized spacial score (nSPS) is 11.8. The first-order chi connectivity index (χ1) is 16.2. The molecule has 3 aromatic rings. The Morgan fingerprint density at radius 1 is 1.26 bits per heavy atom. The van der Waals surface area contributed by atoms with Crippen LogP contribution in [0.4, 0.5) is 17.3 Å². The van der Waals surface area contributed by atoms with Gasteiger partial charge in [0.15, 0.2) is 0 Å². The first-order valence-corrected chi connectivity index (χ1v) is 11.2. The van der Waals surface area contributed by atoms with Crippen LogP contribution < -0.4 is 16.4 Å². The van der Waals surface area contributed by atoms with Crippen molar-refractivity contribution in [2.75, 3.05) is 24.1 Å². The summed E-state index contributed by atoms with van der Waals surface area (Å²) in [5.41, 5.74) is 7.10. The lowest BCUT2D eigenvalue weighted by atomic mass is 10.0. The number of rotatable bonds is 10. The van der Waals surface area contributed by atoms with E-state index >= 15 is 0 Å². The largest absolute Gasteiger partial charge is 0.392 e. The SMILES string of the molecule is C[C@H](O)CNC(=O)c1cn(CCCNc2ccc([N+](=O)[O-])c(N)n2)cc1-c1ccc(Cl)cc1Cl. The Hall–Kier alpha value is -3.34. The number of benzene rings is 1. The molecule has 1 atom stereocenters. The van der Waals surface area contributed by atoms with Crippen LogP contribution in [0.5, 0.6) is 0 Å². The molecule has 0 aliphatic rings. The number of nitrogen functional groups attached to an aromatic ring is 1. The molecule has 0 bridgehead atoms. The summed E-state index contributed by atoms with van der Waals surface area (Å²) in [5.74, 6) is -0.0514. The lowest BCUT2D eigenvalue weighted by Gasteiger charge is -2.09. The Morgan fingerprint density at radius 2 is 2.03 bits per heavy atom. The number of pyridine rings is 1. The van der Waals surface area contributed by atoms with E-state index in [1.54, 1.807) is 31.3 Å². The minimum absolute atomic E-state index is 0.118. The molecule has 1 amide bonds. The molecule has 0 saturated carbocycles. The van der Waals surface area contributed by atoms with Crippen LogP contribution >= 0.6 is 23.2 Å². The van der Waals surface area contributed by atoms with Crippen molar-refractivity contribution in [1.82, 2.24) is 14.9 Å². The predicted octanol–water partition coefficient (Wildman–Crippen LogP) is 3.96. The highest BCUT2D eigenvalue weighted by molar-refractivity contribution is 6.36. The molecule has 0 fully saturated rings. The minimum Gasteiger partial charge on any atom is -0.392 e. The fraction of sp³-hybridized carbons (Fsp3) is 0.273. The predicted molar refractivity (Wildman–Crippen MR) is 132 cm³/mol. The zero-order valence-electron chi connectivity index (χ0n) is 18.3. The lowest BCUT2D eigenvalue weighted by Crippen LogP contribution is -2.30. The number of nitro groups is 1. The van der Waals surface area contributed by atoms with E-state index in [4.69, 9.17) is 28.9 Å². The average Bonchev–Trinajstić information content (AvgIpc) is 3.18. The summed E-state index contributed by atoms with van der Waals surface area (Å²) in [6, 6.07) is 7.86. The number of nitrogens with zero attached hydrogens (tertiary/aromatic N) is 3. The Labute approximate surface area is 205 Å². The van der Waals surface area contributed by atoms with Crippen LogP contribution in [0.25, 0.3) is 11.1 Å². The van der Waals surface area contributed by atoms with Gasteiger partial charge in [-0.25, -0.2) is 4.98 Å². The van der Waals surface area contributed by atoms with Gasteiger partial charge in [-0.15, -0.1) is 0 Å². The fourth-order valence-corrected chi connectivity index (χ4v) is 3.78. The smallest absolute Gasteiger partial charge is 0.311 e. The summed E-state index contributed by atoms with van der Waals surface area (Å²) in [6.45, 7) is 2.79. The summed E-state index contributed by atoms with van der Waals surface area (Å²) in [7, 11) is 0. The monoisotopic (exact) mass is 506 g/mol. The van der Waals surface area contributed by atoms with Gasteiger partial charge >= 0.3 is 5.69 Å². The zero-order chi connectivity index (χ0) is 24.8. The third kappa shape index (κ3) is 6.37. The van der Waals surface area contributed by atoms with Gasteiger partial charge < -0.3 is 26.0 Å². The van der Waals surface area contributed by atoms with Gasteiger partial charge in [-0.1, -0.05) is 29.3 Å². The van der Waals surface area contributed by atoms with Crippen molar-refractivity contribution in [2.24, 2.45) is 0 Å². The quantitative estimate of drug-likeness (QED) is 0.184. The second kappa shape index (κ2) is 11.2. The van der Waals surface area contributed by atoms with Crippen LogP contribution in [0.3, 0.4) is 0 Å². The topological polar surface area (TPSA) is 148 Å². The van der Waals surface area contributed by atoms with E-state index in [1.165, 1.54) is 12.1 Å². The van der Waals surface area contributed by atoms with Crippen molar-refractivity contribution >= 4 is 46.4 Å². The van der Waals surface area contributed by atoms with Crippen molar-refractivity contribution in [2.45, 2.75) is 26.0 Å². The van der Waals surface area contributed by atoms with E-state index in [-0.39, 0.29) is 24.0 Å². The van der Waals surface area contributed by atoms with Crippen molar-refractivity contribution in [3.8, 4) is 11.1 Å². The molecule has 0 aliphatic heterocycles. The van der Waals surface area contributed by atoms with Crippen molar-refractivity contribution in [1.29, 1.82) is 0 Å². The van der Waals surface area contributed by atoms with E-state index in [2.05, 4.69) is 15.6 Å². The first kappa shape index (κ1) is 25.3. The number of hydrogen-bond donors (Lipinski definition) is 4. The first-order valence-electron chi connectivity index (χ1n) is 10.4. The van der Waals surface area contributed by atoms with Crippen molar-refractivity contribution in [3.05, 3.63) is 68.4 Å². The molecule has 5 N–H and O–H groups in total. The van der Waals surface area contributed by atoms with E-state index in [0.29, 0.717) is 52.1 Å². The molecule has 0 saturated heterocycles. The zero-order valence-corrected chi connectivity index (χ0v) is 19.8. The van der Waals surface area contributed by atoms with Crippen LogP contribution in [-0.2, 0) is 6.54 Å². The molecule has 10 nitrogen and oxygen atoms in total. The second-order valence-electron chi connectivity index (χ2n) is 7.64. The van der Waals surface area contributed by atoms with Crippen LogP contribution in [0.2, 0.25) is 10.0 Å². The molecule has 12 heteroatoms. The van der Waals surface area contributed by atoms with Gasteiger partial charge in [0.1, 0.15) is 5.82 Å². The van der Waals surface area contributed by atoms with Gasteiger partial charge in [0.05, 0.1) is 16.6 Å². The highest BCUT2D eigenvalue weighted by atomic mass is 35.5. The number of aryl methyl sites for hydroxylation is 1. The van der Waals surface area contributed by atoms with Gasteiger partial charge in [0.25, 0.3) is 5.91 Å². The second-order valence-corrected chi connectivity index (χ2v) is 8.49. The molecule has 0 spiro atoms. The Balaban J connectivity index is 1.72. The number of hydrogen-bond acceptors (Lipinski definition) is 7. The number of aliphatic hydroxyl groups is 1. The molecule has 180 valence electrons. The molecular weight excluding hydrogens is 483 g/mol. The van der Waals surface area contributed by atoms with E-state index < -0.39 is 11.0 Å². The van der Waals surface area contributed by atoms with Crippen LogP contribution in [0.15, 0.2) is 42.7 Å². The maximum atomic E-state index is 12.8. The molecule has 0 unspecified atom stereocenters. The van der Waals surface area contributed by atoms with Crippen LogP contribution in [0.1, 0.15) is 23.7 Å². The number of carbonyl (C=O) groups excluding carboxylic acids is 1. The maximum absolute atomic E-state index is 12.8. The minimum atomic E-state index is -0.679. The number of aromatic nitrogens is 2. The number of halogens is 2. The van der Waals surface area contributed by atoms with E-state index in [1.807, 2.05) is 10.8 Å². The van der Waals surface area contributed by atoms with E-state index in [0.717, 1.165) is 0 Å². The average molecular weight is 507 g/mol. The number of nitrogens with two attached hydrogens (primary N) is 1. The van der Waals surface area contributed by atoms with Crippen molar-refractivity contribution < 1.29 is 14.8 Å². The summed E-state index contributed by atoms with van der Waals surface area (Å²) < 4.78 is 1.87. The molecule has 3 rings (SSSR count). The Kier molecular flexibility index (Phi) is 8.32. The third-order valence-electron chi connectivity index (χ3n) is 4.90. The van der Waals surface area contributed by atoms with Crippen molar-refractivity contribution in [3.63, 3.8) is 0 Å². The summed E-state index contributed by atoms with van der Waals surface area (Å²) >= 11 is 12.4. The molecule has 2 aromatic heterocycles. The van der Waals surface area contributed by atoms with Gasteiger partial charge in [0.2, 0.25) is 5.82 Å². The van der Waals surface area contributed by atoms with Gasteiger partial charge in [-0.05, 0) is 31.5 Å². The van der Waals surface area contributed by atoms with Gasteiger partial charge in [0, 0.05) is 59.3 Å². The molecule has 0 radical (unpaired) electrons. The highest BCUT2D eigenvalue weighted by Gasteiger charge is 2.19. The summed E-state index contributed by atoms with van der Waals surface area (Å²) in [5, 5.41) is 27.0. The number of aliphatic hydroxyl groups excluding tert-OH is 1. The number of anilines is 2. The van der Waals surface area contributed by atoms with E-state index in [9.17, 15) is 20.0 Å². The number of amides is 1. The standard InChI is InChI=1S/C22H24Cl2N6O4/c1-13(31)10-27-22(32)17-12-29(11-16(17)15-4-3-14(23)9-18(15)24)8-2-7-26-20-6-5-19(30(33)34)21(25)28-20/h3-6,9,11-13,31H,2,7-8,10H2,1H3,(H,27,32)(H3,25,26,28)/t13-/m0/s1. The van der Waals surface area contributed by atoms with Gasteiger partial charge in [-0.2, -0.15) is 0 Å². The van der Waals surface area contributed by atoms with Crippen LogP contribution in [-0.4, -0.2) is 44.7 Å². The third-order valence-corrected chi connectivity index (χ3v) is 5.45. The van der Waals surface area contributed by atoms with Crippen LogP contribution in [0, 0.1) is 10.1 Å². The fourth-order valence-electron chi connectivity index (χ4n) is 3.27. The molecule has 1 aromatic carbocycles.